The zero-order valence-electron chi connectivity index (χ0n) is 10.9. The Morgan fingerprint density at radius 1 is 1.13 bits per heavy atom. The van der Waals surface area contributed by atoms with Gasteiger partial charge < -0.3 is 5.32 Å². The molecule has 1 saturated carbocycles. The van der Waals surface area contributed by atoms with Gasteiger partial charge in [0, 0.05) is 6.04 Å². The van der Waals surface area contributed by atoms with E-state index in [1.807, 2.05) is 0 Å². The molecule has 1 aliphatic carbocycles. The summed E-state index contributed by atoms with van der Waals surface area (Å²) in [6.07, 6.45) is 9.89. The van der Waals surface area contributed by atoms with Crippen LogP contribution in [0.25, 0.3) is 0 Å². The van der Waals surface area contributed by atoms with Crippen LogP contribution in [-0.2, 0) is 0 Å². The van der Waals surface area contributed by atoms with E-state index in [9.17, 15) is 0 Å². The molecule has 90 valence electrons. The molecule has 0 aromatic heterocycles. The Balaban J connectivity index is 2.19. The minimum Gasteiger partial charge on any atom is -0.314 e. The van der Waals surface area contributed by atoms with Crippen molar-refractivity contribution in [3.8, 4) is 0 Å². The largest absolute Gasteiger partial charge is 0.314 e. The van der Waals surface area contributed by atoms with Crippen LogP contribution in [0.15, 0.2) is 0 Å². The third kappa shape index (κ3) is 5.01. The lowest BCUT2D eigenvalue weighted by Gasteiger charge is -2.27. The molecule has 1 N–H and O–H groups in total. The fraction of sp³-hybridized carbons (Fsp3) is 1.00. The van der Waals surface area contributed by atoms with E-state index < -0.39 is 0 Å². The maximum absolute atomic E-state index is 3.79. The van der Waals surface area contributed by atoms with E-state index in [4.69, 9.17) is 0 Å². The van der Waals surface area contributed by atoms with Gasteiger partial charge in [0.15, 0.2) is 0 Å². The van der Waals surface area contributed by atoms with Crippen LogP contribution < -0.4 is 5.32 Å². The summed E-state index contributed by atoms with van der Waals surface area (Å²) in [6.45, 7) is 8.28. The van der Waals surface area contributed by atoms with Crippen LogP contribution in [0.4, 0.5) is 0 Å². The highest BCUT2D eigenvalue weighted by Gasteiger charge is 2.16. The Morgan fingerprint density at radius 2 is 1.80 bits per heavy atom. The van der Waals surface area contributed by atoms with E-state index >= 15 is 0 Å². The van der Waals surface area contributed by atoms with Crippen molar-refractivity contribution in [2.75, 3.05) is 6.54 Å². The van der Waals surface area contributed by atoms with Gasteiger partial charge in [-0.3, -0.25) is 0 Å². The van der Waals surface area contributed by atoms with Crippen molar-refractivity contribution in [1.82, 2.24) is 5.32 Å². The average molecular weight is 211 g/mol. The van der Waals surface area contributed by atoms with Gasteiger partial charge in [-0.05, 0) is 37.6 Å². The molecule has 0 bridgehead atoms. The Labute approximate surface area is 96.0 Å². The fourth-order valence-corrected chi connectivity index (χ4v) is 2.67. The van der Waals surface area contributed by atoms with Crippen LogP contribution in [0, 0.1) is 11.8 Å². The van der Waals surface area contributed by atoms with Crippen molar-refractivity contribution in [2.45, 2.75) is 71.8 Å². The SMILES string of the molecule is CCCC(CNC1CCCCC1)C(C)C. The second kappa shape index (κ2) is 7.27. The van der Waals surface area contributed by atoms with Gasteiger partial charge in [0.1, 0.15) is 0 Å². The smallest absolute Gasteiger partial charge is 0.00671 e. The van der Waals surface area contributed by atoms with Crippen LogP contribution in [0.2, 0.25) is 0 Å². The van der Waals surface area contributed by atoms with Crippen LogP contribution in [0.3, 0.4) is 0 Å². The molecule has 0 spiro atoms. The summed E-state index contributed by atoms with van der Waals surface area (Å²) in [4.78, 5) is 0. The lowest BCUT2D eigenvalue weighted by atomic mass is 9.90. The van der Waals surface area contributed by atoms with E-state index in [2.05, 4.69) is 26.1 Å². The van der Waals surface area contributed by atoms with Crippen molar-refractivity contribution < 1.29 is 0 Å². The van der Waals surface area contributed by atoms with Crippen LogP contribution >= 0.6 is 0 Å². The summed E-state index contributed by atoms with van der Waals surface area (Å²) >= 11 is 0. The Hall–Kier alpha value is -0.0400. The first-order valence-corrected chi connectivity index (χ1v) is 6.97. The Morgan fingerprint density at radius 3 is 2.33 bits per heavy atom. The first-order chi connectivity index (χ1) is 7.24. The summed E-state index contributed by atoms with van der Waals surface area (Å²) in [6, 6.07) is 0.830. The summed E-state index contributed by atoms with van der Waals surface area (Å²) in [5.74, 6) is 1.72. The summed E-state index contributed by atoms with van der Waals surface area (Å²) < 4.78 is 0. The predicted octanol–water partition coefficient (Wildman–Crippen LogP) is 3.98. The Bertz CT molecular complexity index is 147. The van der Waals surface area contributed by atoms with Gasteiger partial charge >= 0.3 is 0 Å². The zero-order valence-corrected chi connectivity index (χ0v) is 10.9. The van der Waals surface area contributed by atoms with Crippen LogP contribution in [0.1, 0.15) is 65.7 Å². The van der Waals surface area contributed by atoms with Crippen molar-refractivity contribution in [3.63, 3.8) is 0 Å². The molecule has 1 fully saturated rings. The maximum Gasteiger partial charge on any atom is 0.00671 e. The molecule has 0 radical (unpaired) electrons. The van der Waals surface area contributed by atoms with E-state index in [0.29, 0.717) is 0 Å². The van der Waals surface area contributed by atoms with E-state index in [0.717, 1.165) is 17.9 Å². The monoisotopic (exact) mass is 211 g/mol. The molecule has 0 aromatic carbocycles. The highest BCUT2D eigenvalue weighted by atomic mass is 14.9. The number of hydrogen-bond donors (Lipinski definition) is 1. The fourth-order valence-electron chi connectivity index (χ4n) is 2.67. The van der Waals surface area contributed by atoms with E-state index in [-0.39, 0.29) is 0 Å². The van der Waals surface area contributed by atoms with Crippen LogP contribution in [0.5, 0.6) is 0 Å². The molecule has 0 aliphatic heterocycles. The van der Waals surface area contributed by atoms with Crippen molar-refractivity contribution in [1.29, 1.82) is 0 Å². The first kappa shape index (κ1) is 13.0. The van der Waals surface area contributed by atoms with Gasteiger partial charge in [-0.15, -0.1) is 0 Å². The summed E-state index contributed by atoms with van der Waals surface area (Å²) in [7, 11) is 0. The third-order valence-electron chi connectivity index (χ3n) is 3.88. The van der Waals surface area contributed by atoms with Gasteiger partial charge in [0.05, 0.1) is 0 Å². The topological polar surface area (TPSA) is 12.0 Å². The molecule has 0 saturated heterocycles. The molecule has 0 aromatic rings. The molecular weight excluding hydrogens is 182 g/mol. The highest BCUT2D eigenvalue weighted by Crippen LogP contribution is 2.20. The van der Waals surface area contributed by atoms with Crippen molar-refractivity contribution in [3.05, 3.63) is 0 Å². The summed E-state index contributed by atoms with van der Waals surface area (Å²) in [5.41, 5.74) is 0. The summed E-state index contributed by atoms with van der Waals surface area (Å²) in [5, 5.41) is 3.79. The van der Waals surface area contributed by atoms with E-state index in [1.54, 1.807) is 0 Å². The normalized spacial score (nSPS) is 20.8. The van der Waals surface area contributed by atoms with Crippen molar-refractivity contribution in [2.24, 2.45) is 11.8 Å². The lowest BCUT2D eigenvalue weighted by Crippen LogP contribution is -2.36. The van der Waals surface area contributed by atoms with Crippen LogP contribution in [-0.4, -0.2) is 12.6 Å². The standard InChI is InChI=1S/C14H29N/c1-4-8-13(12(2)3)11-15-14-9-6-5-7-10-14/h12-15H,4-11H2,1-3H3. The van der Waals surface area contributed by atoms with Crippen molar-refractivity contribution >= 4 is 0 Å². The molecule has 1 rings (SSSR count). The molecular formula is C14H29N. The second-order valence-electron chi connectivity index (χ2n) is 5.54. The van der Waals surface area contributed by atoms with Gasteiger partial charge in [-0.1, -0.05) is 46.5 Å². The molecule has 1 nitrogen and oxygen atoms in total. The zero-order chi connectivity index (χ0) is 11.1. The lowest BCUT2D eigenvalue weighted by molar-refractivity contribution is 0.294. The first-order valence-electron chi connectivity index (χ1n) is 6.97. The molecule has 1 heteroatoms. The molecule has 1 atom stereocenters. The highest BCUT2D eigenvalue weighted by molar-refractivity contribution is 4.74. The molecule has 1 aliphatic rings. The molecule has 0 amide bonds. The number of rotatable bonds is 6. The number of nitrogens with one attached hydrogen (secondary N) is 1. The van der Waals surface area contributed by atoms with Gasteiger partial charge in [-0.25, -0.2) is 0 Å². The minimum absolute atomic E-state index is 0.830. The Kier molecular flexibility index (Phi) is 6.31. The van der Waals surface area contributed by atoms with Gasteiger partial charge in [0.25, 0.3) is 0 Å². The second-order valence-corrected chi connectivity index (χ2v) is 5.54. The third-order valence-corrected chi connectivity index (χ3v) is 3.88. The number of hydrogen-bond acceptors (Lipinski definition) is 1. The molecule has 15 heavy (non-hydrogen) atoms. The maximum atomic E-state index is 3.79. The van der Waals surface area contributed by atoms with Gasteiger partial charge in [0.2, 0.25) is 0 Å². The quantitative estimate of drug-likeness (QED) is 0.700. The van der Waals surface area contributed by atoms with Gasteiger partial charge in [-0.2, -0.15) is 0 Å². The average Bonchev–Trinajstić information content (AvgIpc) is 2.25. The minimum atomic E-state index is 0.830. The predicted molar refractivity (Wildman–Crippen MR) is 68.1 cm³/mol. The molecule has 1 unspecified atom stereocenters. The molecule has 0 heterocycles. The van der Waals surface area contributed by atoms with E-state index in [1.165, 1.54) is 51.5 Å².